The van der Waals surface area contributed by atoms with Crippen molar-refractivity contribution in [2.75, 3.05) is 0 Å². The van der Waals surface area contributed by atoms with Gasteiger partial charge < -0.3 is 11.5 Å². The predicted molar refractivity (Wildman–Crippen MR) is 54.8 cm³/mol. The molecule has 0 saturated heterocycles. The van der Waals surface area contributed by atoms with Gasteiger partial charge in [0.25, 0.3) is 5.91 Å². The summed E-state index contributed by atoms with van der Waals surface area (Å²) in [5, 5.41) is 0.613. The summed E-state index contributed by atoms with van der Waals surface area (Å²) in [5.41, 5.74) is 11.1. The lowest BCUT2D eigenvalue weighted by Crippen LogP contribution is -2.20. The average molecular weight is 201 g/mol. The Labute approximate surface area is 82.7 Å². The highest BCUT2D eigenvalue weighted by Crippen LogP contribution is 2.08. The van der Waals surface area contributed by atoms with E-state index in [4.69, 9.17) is 23.1 Å². The molecule has 0 unspecified atom stereocenters. The van der Waals surface area contributed by atoms with Gasteiger partial charge in [-0.25, -0.2) is 0 Å². The zero-order valence-corrected chi connectivity index (χ0v) is 8.43. The lowest BCUT2D eigenvalue weighted by molar-refractivity contribution is -0.114. The quantitative estimate of drug-likeness (QED) is 0.534. The van der Waals surface area contributed by atoms with Crippen molar-refractivity contribution in [3.63, 3.8) is 0 Å². The molecule has 0 aliphatic carbocycles. The molecule has 0 heterocycles. The van der Waals surface area contributed by atoms with E-state index in [9.17, 15) is 4.79 Å². The van der Waals surface area contributed by atoms with E-state index >= 15 is 0 Å². The summed E-state index contributed by atoms with van der Waals surface area (Å²) in [6.45, 7) is 3.55. The number of carbonyl (C=O) groups excluding carboxylic acids is 1. The Morgan fingerprint density at radius 2 is 1.85 bits per heavy atom. The van der Waals surface area contributed by atoms with Crippen LogP contribution >= 0.6 is 11.6 Å². The largest absolute Gasteiger partial charge is 0.394 e. The Morgan fingerprint density at radius 3 is 2.15 bits per heavy atom. The van der Waals surface area contributed by atoms with Crippen LogP contribution in [-0.4, -0.2) is 5.91 Å². The third-order valence-corrected chi connectivity index (χ3v) is 1.41. The molecule has 0 aromatic carbocycles. The van der Waals surface area contributed by atoms with Crippen LogP contribution < -0.4 is 11.5 Å². The second kappa shape index (κ2) is 5.43. The number of primary amides is 1. The Bertz CT molecular complexity index is 286. The highest BCUT2D eigenvalue weighted by Gasteiger charge is 1.98. The fraction of sp³-hybridized carbons (Fsp3) is 0.222. The zero-order valence-electron chi connectivity index (χ0n) is 7.67. The third kappa shape index (κ3) is 5.09. The van der Waals surface area contributed by atoms with Crippen molar-refractivity contribution in [2.45, 2.75) is 13.8 Å². The number of carbonyl (C=O) groups is 1. The van der Waals surface area contributed by atoms with Crippen LogP contribution in [0.3, 0.4) is 0 Å². The molecule has 13 heavy (non-hydrogen) atoms. The van der Waals surface area contributed by atoms with Gasteiger partial charge in [-0.2, -0.15) is 0 Å². The first-order chi connectivity index (χ1) is 5.97. The Balaban J connectivity index is 4.76. The zero-order chi connectivity index (χ0) is 10.4. The minimum Gasteiger partial charge on any atom is -0.394 e. The van der Waals surface area contributed by atoms with Crippen LogP contribution in [0.4, 0.5) is 0 Å². The fourth-order valence-electron chi connectivity index (χ4n) is 0.689. The molecule has 4 N–H and O–H groups in total. The highest BCUT2D eigenvalue weighted by atomic mass is 35.5. The standard InChI is InChI=1S/C9H13ClN2O/c1-3-7(4-6(2)10)5-8(11)9(12)13/h3-5H,11H2,1-2H3,(H2,12,13)/b6-4+,7-3+,8-5-. The maximum atomic E-state index is 10.6. The smallest absolute Gasteiger partial charge is 0.264 e. The first-order valence-corrected chi connectivity index (χ1v) is 4.12. The van der Waals surface area contributed by atoms with E-state index in [-0.39, 0.29) is 5.70 Å². The van der Waals surface area contributed by atoms with Gasteiger partial charge in [-0.15, -0.1) is 0 Å². The Kier molecular flexibility index (Phi) is 4.92. The molecule has 0 aromatic rings. The van der Waals surface area contributed by atoms with Gasteiger partial charge in [-0.05, 0) is 31.6 Å². The van der Waals surface area contributed by atoms with Crippen molar-refractivity contribution in [1.29, 1.82) is 0 Å². The molecule has 4 heteroatoms. The summed E-state index contributed by atoms with van der Waals surface area (Å²) >= 11 is 5.65. The molecule has 0 aliphatic heterocycles. The molecule has 72 valence electrons. The van der Waals surface area contributed by atoms with Gasteiger partial charge in [0.15, 0.2) is 0 Å². The number of rotatable bonds is 3. The van der Waals surface area contributed by atoms with Crippen LogP contribution in [0.15, 0.2) is 34.5 Å². The van der Waals surface area contributed by atoms with E-state index in [1.807, 2.05) is 6.92 Å². The van der Waals surface area contributed by atoms with Gasteiger partial charge in [0.1, 0.15) is 0 Å². The molecular formula is C9H13ClN2O. The van der Waals surface area contributed by atoms with Gasteiger partial charge in [0.2, 0.25) is 0 Å². The molecular weight excluding hydrogens is 188 g/mol. The molecule has 0 aliphatic rings. The van der Waals surface area contributed by atoms with Crippen molar-refractivity contribution in [1.82, 2.24) is 0 Å². The molecule has 1 amide bonds. The van der Waals surface area contributed by atoms with E-state index in [1.54, 1.807) is 19.1 Å². The van der Waals surface area contributed by atoms with Crippen molar-refractivity contribution in [3.05, 3.63) is 34.5 Å². The first-order valence-electron chi connectivity index (χ1n) is 3.74. The molecule has 0 bridgehead atoms. The van der Waals surface area contributed by atoms with Crippen molar-refractivity contribution in [2.24, 2.45) is 11.5 Å². The summed E-state index contributed by atoms with van der Waals surface area (Å²) in [4.78, 5) is 10.6. The van der Waals surface area contributed by atoms with Crippen molar-refractivity contribution >= 4 is 17.5 Å². The lowest BCUT2D eigenvalue weighted by Gasteiger charge is -1.96. The van der Waals surface area contributed by atoms with Gasteiger partial charge >= 0.3 is 0 Å². The SMILES string of the molecule is C/C=C(/C=C(\N)C(N)=O)\C=C(/C)Cl. The second-order valence-corrected chi connectivity index (χ2v) is 3.08. The summed E-state index contributed by atoms with van der Waals surface area (Å²) < 4.78 is 0. The van der Waals surface area contributed by atoms with Crippen LogP contribution in [0.2, 0.25) is 0 Å². The number of hydrogen-bond acceptors (Lipinski definition) is 2. The van der Waals surface area contributed by atoms with Crippen LogP contribution in [0.5, 0.6) is 0 Å². The average Bonchev–Trinajstić information content (AvgIpc) is 2.02. The number of hydrogen-bond donors (Lipinski definition) is 2. The molecule has 0 spiro atoms. The minimum absolute atomic E-state index is 0.0160. The van der Waals surface area contributed by atoms with E-state index in [1.165, 1.54) is 6.08 Å². The predicted octanol–water partition coefficient (Wildman–Crippen LogP) is 1.40. The monoisotopic (exact) mass is 200 g/mol. The first kappa shape index (κ1) is 11.8. The normalized spacial score (nSPS) is 14.5. The summed E-state index contributed by atoms with van der Waals surface area (Å²) in [6.07, 6.45) is 4.95. The Hall–Kier alpha value is -1.22. The molecule has 3 nitrogen and oxygen atoms in total. The third-order valence-electron chi connectivity index (χ3n) is 1.31. The molecule has 0 radical (unpaired) electrons. The number of allylic oxidation sites excluding steroid dienone is 5. The van der Waals surface area contributed by atoms with E-state index in [0.29, 0.717) is 5.03 Å². The van der Waals surface area contributed by atoms with Crippen LogP contribution in [-0.2, 0) is 4.79 Å². The highest BCUT2D eigenvalue weighted by molar-refractivity contribution is 6.29. The maximum Gasteiger partial charge on any atom is 0.264 e. The minimum atomic E-state index is -0.639. The van der Waals surface area contributed by atoms with Gasteiger partial charge in [-0.1, -0.05) is 17.7 Å². The van der Waals surface area contributed by atoms with E-state index < -0.39 is 5.91 Å². The summed E-state index contributed by atoms with van der Waals surface area (Å²) in [6, 6.07) is 0. The van der Waals surface area contributed by atoms with Gasteiger partial charge in [0, 0.05) is 5.03 Å². The van der Waals surface area contributed by atoms with Crippen LogP contribution in [0.1, 0.15) is 13.8 Å². The summed E-state index contributed by atoms with van der Waals surface area (Å²) in [5.74, 6) is -0.639. The number of nitrogens with two attached hydrogens (primary N) is 2. The van der Waals surface area contributed by atoms with Gasteiger partial charge in [0.05, 0.1) is 5.70 Å². The van der Waals surface area contributed by atoms with Crippen LogP contribution in [0.25, 0.3) is 0 Å². The van der Waals surface area contributed by atoms with E-state index in [2.05, 4.69) is 0 Å². The number of amides is 1. The molecule has 0 fully saturated rings. The van der Waals surface area contributed by atoms with E-state index in [0.717, 1.165) is 5.57 Å². The molecule has 0 aromatic heterocycles. The maximum absolute atomic E-state index is 10.6. The van der Waals surface area contributed by atoms with Gasteiger partial charge in [-0.3, -0.25) is 4.79 Å². The summed E-state index contributed by atoms with van der Waals surface area (Å²) in [7, 11) is 0. The molecule has 0 rings (SSSR count). The van der Waals surface area contributed by atoms with Crippen molar-refractivity contribution < 1.29 is 4.79 Å². The second-order valence-electron chi connectivity index (χ2n) is 2.48. The molecule has 0 atom stereocenters. The van der Waals surface area contributed by atoms with Crippen molar-refractivity contribution in [3.8, 4) is 0 Å². The Morgan fingerprint density at radius 1 is 1.31 bits per heavy atom. The lowest BCUT2D eigenvalue weighted by atomic mass is 10.2. The topological polar surface area (TPSA) is 69.1 Å². The van der Waals surface area contributed by atoms with Crippen LogP contribution in [0, 0.1) is 0 Å². The molecule has 0 saturated carbocycles. The fourth-order valence-corrected chi connectivity index (χ4v) is 0.815. The number of halogens is 1.